The van der Waals surface area contributed by atoms with E-state index in [9.17, 15) is 4.79 Å². The van der Waals surface area contributed by atoms with Gasteiger partial charge in [0.05, 0.1) is 20.8 Å². The van der Waals surface area contributed by atoms with Crippen LogP contribution in [0.3, 0.4) is 0 Å². The quantitative estimate of drug-likeness (QED) is 0.392. The van der Waals surface area contributed by atoms with Gasteiger partial charge in [-0.15, -0.1) is 10.2 Å². The topological polar surface area (TPSA) is 75.5 Å². The van der Waals surface area contributed by atoms with Crippen molar-refractivity contribution < 1.29 is 19.0 Å². The SMILES string of the molecule is CCOC(=O)C(C)Sc1nnc(-c2ccc(OC)c(OC)c2)n1-c1cccc(C)c1. The third-order valence-corrected chi connectivity index (χ3v) is 5.46. The molecule has 1 aromatic heterocycles. The fourth-order valence-corrected chi connectivity index (χ4v) is 3.84. The Morgan fingerprint density at radius 2 is 1.87 bits per heavy atom. The minimum absolute atomic E-state index is 0.283. The number of carbonyl (C=O) groups excluding carboxylic acids is 1. The molecule has 2 aromatic carbocycles. The lowest BCUT2D eigenvalue weighted by atomic mass is 10.1. The normalized spacial score (nSPS) is 11.8. The molecule has 158 valence electrons. The van der Waals surface area contributed by atoms with Crippen LogP contribution in [0.4, 0.5) is 0 Å². The van der Waals surface area contributed by atoms with Gasteiger partial charge < -0.3 is 14.2 Å². The minimum atomic E-state index is -0.420. The molecule has 0 aliphatic heterocycles. The van der Waals surface area contributed by atoms with Gasteiger partial charge in [-0.3, -0.25) is 9.36 Å². The Hall–Kier alpha value is -3.00. The Labute approximate surface area is 180 Å². The predicted octanol–water partition coefficient (Wildman–Crippen LogP) is 4.30. The molecule has 0 aliphatic carbocycles. The van der Waals surface area contributed by atoms with Gasteiger partial charge in [0.1, 0.15) is 5.25 Å². The van der Waals surface area contributed by atoms with E-state index >= 15 is 0 Å². The highest BCUT2D eigenvalue weighted by molar-refractivity contribution is 8.00. The van der Waals surface area contributed by atoms with Crippen LogP contribution in [-0.4, -0.2) is 46.8 Å². The Morgan fingerprint density at radius 3 is 2.53 bits per heavy atom. The summed E-state index contributed by atoms with van der Waals surface area (Å²) >= 11 is 1.31. The van der Waals surface area contributed by atoms with Gasteiger partial charge in [-0.1, -0.05) is 23.9 Å². The monoisotopic (exact) mass is 427 g/mol. The lowest BCUT2D eigenvalue weighted by Crippen LogP contribution is -2.17. The van der Waals surface area contributed by atoms with E-state index in [-0.39, 0.29) is 5.97 Å². The third-order valence-electron chi connectivity index (χ3n) is 4.44. The first-order chi connectivity index (χ1) is 14.5. The molecule has 0 aliphatic rings. The molecule has 0 amide bonds. The first kappa shape index (κ1) is 21.7. The van der Waals surface area contributed by atoms with E-state index < -0.39 is 5.25 Å². The van der Waals surface area contributed by atoms with Gasteiger partial charge in [0.2, 0.25) is 0 Å². The van der Waals surface area contributed by atoms with Gasteiger partial charge >= 0.3 is 5.97 Å². The molecule has 0 bridgehead atoms. The maximum Gasteiger partial charge on any atom is 0.319 e. The zero-order valence-electron chi connectivity index (χ0n) is 17.7. The molecule has 1 atom stereocenters. The fourth-order valence-electron chi connectivity index (χ4n) is 2.97. The first-order valence-corrected chi connectivity index (χ1v) is 10.4. The van der Waals surface area contributed by atoms with Crippen LogP contribution in [0.2, 0.25) is 0 Å². The highest BCUT2D eigenvalue weighted by atomic mass is 32.2. The van der Waals surface area contributed by atoms with Gasteiger partial charge in [0.25, 0.3) is 0 Å². The number of hydrogen-bond acceptors (Lipinski definition) is 7. The molecule has 3 aromatic rings. The standard InChI is InChI=1S/C22H25N3O4S/c1-6-29-21(26)15(3)30-22-24-23-20(25(22)17-9-7-8-14(2)12-17)16-10-11-18(27-4)19(13-16)28-5/h7-13,15H,6H2,1-5H3. The lowest BCUT2D eigenvalue weighted by molar-refractivity contribution is -0.142. The van der Waals surface area contributed by atoms with Gasteiger partial charge in [0.15, 0.2) is 22.5 Å². The second kappa shape index (κ2) is 9.67. The maximum atomic E-state index is 12.1. The van der Waals surface area contributed by atoms with Crippen LogP contribution in [0.5, 0.6) is 11.5 Å². The number of thioether (sulfide) groups is 1. The number of benzene rings is 2. The van der Waals surface area contributed by atoms with Crippen LogP contribution < -0.4 is 9.47 Å². The second-order valence-electron chi connectivity index (χ2n) is 6.56. The van der Waals surface area contributed by atoms with Crippen LogP contribution in [0.25, 0.3) is 17.1 Å². The van der Waals surface area contributed by atoms with Crippen LogP contribution in [0, 0.1) is 6.92 Å². The second-order valence-corrected chi connectivity index (χ2v) is 7.87. The number of rotatable bonds is 8. The van der Waals surface area contributed by atoms with E-state index in [0.29, 0.717) is 29.1 Å². The molecular formula is C22H25N3O4S. The van der Waals surface area contributed by atoms with E-state index in [0.717, 1.165) is 16.8 Å². The Balaban J connectivity index is 2.10. The summed E-state index contributed by atoms with van der Waals surface area (Å²) in [6.07, 6.45) is 0. The van der Waals surface area contributed by atoms with Crippen LogP contribution in [-0.2, 0) is 9.53 Å². The van der Waals surface area contributed by atoms with Crippen LogP contribution in [0.15, 0.2) is 47.6 Å². The summed E-state index contributed by atoms with van der Waals surface area (Å²) in [6.45, 7) is 5.96. The minimum Gasteiger partial charge on any atom is -0.493 e. The summed E-state index contributed by atoms with van der Waals surface area (Å²) in [5.41, 5.74) is 2.83. The highest BCUT2D eigenvalue weighted by Crippen LogP contribution is 2.35. The van der Waals surface area contributed by atoms with Crippen molar-refractivity contribution in [3.8, 4) is 28.6 Å². The zero-order chi connectivity index (χ0) is 21.7. The molecule has 8 heteroatoms. The first-order valence-electron chi connectivity index (χ1n) is 9.56. The highest BCUT2D eigenvalue weighted by Gasteiger charge is 2.23. The maximum absolute atomic E-state index is 12.1. The van der Waals surface area contributed by atoms with Crippen molar-refractivity contribution in [3.05, 3.63) is 48.0 Å². The van der Waals surface area contributed by atoms with E-state index in [1.807, 2.05) is 54.0 Å². The molecule has 3 rings (SSSR count). The van der Waals surface area contributed by atoms with Crippen molar-refractivity contribution in [2.45, 2.75) is 31.2 Å². The van der Waals surface area contributed by atoms with Crippen molar-refractivity contribution >= 4 is 17.7 Å². The Morgan fingerprint density at radius 1 is 1.10 bits per heavy atom. The largest absolute Gasteiger partial charge is 0.493 e. The molecule has 30 heavy (non-hydrogen) atoms. The number of carbonyl (C=O) groups is 1. The molecule has 0 N–H and O–H groups in total. The van der Waals surface area contributed by atoms with Crippen molar-refractivity contribution in [2.75, 3.05) is 20.8 Å². The fraction of sp³-hybridized carbons (Fsp3) is 0.318. The van der Waals surface area contributed by atoms with E-state index in [1.165, 1.54) is 11.8 Å². The number of ether oxygens (including phenoxy) is 3. The predicted molar refractivity (Wildman–Crippen MR) is 117 cm³/mol. The summed E-state index contributed by atoms with van der Waals surface area (Å²) in [6, 6.07) is 13.6. The van der Waals surface area contributed by atoms with E-state index in [4.69, 9.17) is 14.2 Å². The summed E-state index contributed by atoms with van der Waals surface area (Å²) in [7, 11) is 3.19. The van der Waals surface area contributed by atoms with Crippen molar-refractivity contribution in [3.63, 3.8) is 0 Å². The lowest BCUT2D eigenvalue weighted by Gasteiger charge is -2.14. The Bertz CT molecular complexity index is 1030. The van der Waals surface area contributed by atoms with Crippen LogP contribution in [0.1, 0.15) is 19.4 Å². The molecule has 1 heterocycles. The molecular weight excluding hydrogens is 402 g/mol. The number of aryl methyl sites for hydroxylation is 1. The molecule has 0 fully saturated rings. The molecule has 0 spiro atoms. The number of esters is 1. The molecule has 7 nitrogen and oxygen atoms in total. The van der Waals surface area contributed by atoms with Gasteiger partial charge in [-0.05, 0) is 56.7 Å². The summed E-state index contributed by atoms with van der Waals surface area (Å²) in [5.74, 6) is 1.59. The smallest absolute Gasteiger partial charge is 0.319 e. The third kappa shape index (κ3) is 4.59. The summed E-state index contributed by atoms with van der Waals surface area (Å²) in [5, 5.41) is 8.98. The van der Waals surface area contributed by atoms with Crippen molar-refractivity contribution in [1.29, 1.82) is 0 Å². The van der Waals surface area contributed by atoms with Gasteiger partial charge in [0, 0.05) is 11.3 Å². The number of hydrogen-bond donors (Lipinski definition) is 0. The average Bonchev–Trinajstić information content (AvgIpc) is 3.16. The molecule has 0 saturated carbocycles. The molecule has 0 radical (unpaired) electrons. The van der Waals surface area contributed by atoms with Crippen molar-refractivity contribution in [1.82, 2.24) is 14.8 Å². The van der Waals surface area contributed by atoms with Crippen LogP contribution >= 0.6 is 11.8 Å². The summed E-state index contributed by atoms with van der Waals surface area (Å²) in [4.78, 5) is 12.1. The number of aromatic nitrogens is 3. The van der Waals surface area contributed by atoms with Gasteiger partial charge in [-0.2, -0.15) is 0 Å². The van der Waals surface area contributed by atoms with Gasteiger partial charge in [-0.25, -0.2) is 0 Å². The zero-order valence-corrected chi connectivity index (χ0v) is 18.5. The number of methoxy groups -OCH3 is 2. The summed E-state index contributed by atoms with van der Waals surface area (Å²) < 4.78 is 17.9. The van der Waals surface area contributed by atoms with Crippen molar-refractivity contribution in [2.24, 2.45) is 0 Å². The molecule has 1 unspecified atom stereocenters. The Kier molecular flexibility index (Phi) is 6.99. The van der Waals surface area contributed by atoms with E-state index in [2.05, 4.69) is 10.2 Å². The average molecular weight is 428 g/mol. The van der Waals surface area contributed by atoms with E-state index in [1.54, 1.807) is 28.1 Å². The molecule has 0 saturated heterocycles. The number of nitrogens with zero attached hydrogens (tertiary/aromatic N) is 3.